The van der Waals surface area contributed by atoms with Crippen LogP contribution in [0.5, 0.6) is 11.5 Å². The summed E-state index contributed by atoms with van der Waals surface area (Å²) >= 11 is 0. The molecule has 0 aliphatic carbocycles. The van der Waals surface area contributed by atoms with E-state index in [0.29, 0.717) is 34.2 Å². The van der Waals surface area contributed by atoms with Crippen molar-refractivity contribution in [3.05, 3.63) is 114 Å². The second-order valence-electron chi connectivity index (χ2n) is 8.63. The fourth-order valence-corrected chi connectivity index (χ4v) is 6.70. The molecule has 0 aliphatic heterocycles. The summed E-state index contributed by atoms with van der Waals surface area (Å²) in [7, 11) is -3.29. The molecule has 4 aromatic carbocycles. The van der Waals surface area contributed by atoms with Gasteiger partial charge in [-0.05, 0) is 41.7 Å². The first-order valence-corrected chi connectivity index (χ1v) is 12.9. The van der Waals surface area contributed by atoms with Crippen LogP contribution < -0.4 is 20.7 Å². The van der Waals surface area contributed by atoms with Crippen molar-refractivity contribution in [3.8, 4) is 11.5 Å². The van der Waals surface area contributed by atoms with Crippen LogP contribution in [0.15, 0.2) is 103 Å². The Morgan fingerprint density at radius 1 is 0.758 bits per heavy atom. The molecule has 4 heteroatoms. The van der Waals surface area contributed by atoms with Gasteiger partial charge in [0.15, 0.2) is 7.14 Å². The summed E-state index contributed by atoms with van der Waals surface area (Å²) in [6.07, 6.45) is 1.05. The van der Waals surface area contributed by atoms with Gasteiger partial charge in [-0.25, -0.2) is 0 Å². The largest absolute Gasteiger partial charge is 0.507 e. The van der Waals surface area contributed by atoms with Crippen molar-refractivity contribution in [2.24, 2.45) is 5.92 Å². The van der Waals surface area contributed by atoms with Gasteiger partial charge in [0.05, 0.1) is 5.30 Å². The van der Waals surface area contributed by atoms with Crippen molar-refractivity contribution in [3.63, 3.8) is 0 Å². The molecule has 4 aromatic rings. The molecule has 0 spiro atoms. The zero-order valence-corrected chi connectivity index (χ0v) is 19.9. The van der Waals surface area contributed by atoms with Crippen LogP contribution in [-0.2, 0) is 17.6 Å². The molecule has 0 bridgehead atoms. The minimum absolute atomic E-state index is 0.00331. The van der Waals surface area contributed by atoms with E-state index in [1.807, 2.05) is 60.7 Å². The van der Waals surface area contributed by atoms with Crippen molar-refractivity contribution in [2.45, 2.75) is 26.9 Å². The van der Waals surface area contributed by atoms with E-state index in [1.165, 1.54) is 5.56 Å². The Kier molecular flexibility index (Phi) is 7.01. The zero-order chi connectivity index (χ0) is 23.3. The maximum atomic E-state index is 14.6. The molecular weight excluding hydrogens is 427 g/mol. The maximum Gasteiger partial charge on any atom is 0.174 e. The van der Waals surface area contributed by atoms with E-state index < -0.39 is 7.14 Å². The first-order chi connectivity index (χ1) is 16.0. The lowest BCUT2D eigenvalue weighted by atomic mass is 10.0. The highest BCUT2D eigenvalue weighted by atomic mass is 31.2. The first kappa shape index (κ1) is 22.9. The summed E-state index contributed by atoms with van der Waals surface area (Å²) in [6.45, 7) is 4.82. The minimum atomic E-state index is -3.29. The standard InChI is InChI=1S/C29H29O3P/c1-22(2)19-23-13-15-24(16-14-23)21-32-25-17-18-28(30)29(20-25)33(31,26-9-5-3-6-10-26)27-11-7-4-8-12-27/h3-18,20,22,30H,19,21H2,1-2H3. The summed E-state index contributed by atoms with van der Waals surface area (Å²) in [5, 5.41) is 12.5. The molecule has 33 heavy (non-hydrogen) atoms. The lowest BCUT2D eigenvalue weighted by Gasteiger charge is -2.21. The summed E-state index contributed by atoms with van der Waals surface area (Å²) in [4.78, 5) is 0. The molecule has 0 radical (unpaired) electrons. The van der Waals surface area contributed by atoms with Gasteiger partial charge >= 0.3 is 0 Å². The molecule has 0 aromatic heterocycles. The van der Waals surface area contributed by atoms with E-state index in [2.05, 4.69) is 38.1 Å². The smallest absolute Gasteiger partial charge is 0.174 e. The highest BCUT2D eigenvalue weighted by Crippen LogP contribution is 2.45. The van der Waals surface area contributed by atoms with Gasteiger partial charge in [-0.1, -0.05) is 98.8 Å². The van der Waals surface area contributed by atoms with Crippen LogP contribution in [0.2, 0.25) is 0 Å². The van der Waals surface area contributed by atoms with Gasteiger partial charge < -0.3 is 14.4 Å². The second-order valence-corrected chi connectivity index (χ2v) is 11.4. The Balaban J connectivity index is 1.65. The van der Waals surface area contributed by atoms with Crippen LogP contribution in [0, 0.1) is 5.92 Å². The third kappa shape index (κ3) is 5.21. The third-order valence-corrected chi connectivity index (χ3v) is 8.69. The monoisotopic (exact) mass is 456 g/mol. The van der Waals surface area contributed by atoms with Gasteiger partial charge in [0.1, 0.15) is 18.1 Å². The molecule has 0 unspecified atom stereocenters. The maximum absolute atomic E-state index is 14.6. The summed E-state index contributed by atoms with van der Waals surface area (Å²) in [6, 6.07) is 32.1. The molecule has 0 aliphatic rings. The number of aromatic hydroxyl groups is 1. The number of benzene rings is 4. The predicted molar refractivity (Wildman–Crippen MR) is 137 cm³/mol. The Hall–Kier alpha value is -3.29. The number of phenolic OH excluding ortho intramolecular Hbond substituents is 1. The first-order valence-electron chi connectivity index (χ1n) is 11.2. The van der Waals surface area contributed by atoms with E-state index in [-0.39, 0.29) is 5.75 Å². The van der Waals surface area contributed by atoms with Gasteiger partial charge in [0, 0.05) is 10.6 Å². The van der Waals surface area contributed by atoms with Crippen LogP contribution in [0.25, 0.3) is 0 Å². The number of rotatable bonds is 8. The average Bonchev–Trinajstić information content (AvgIpc) is 2.84. The molecule has 168 valence electrons. The van der Waals surface area contributed by atoms with Gasteiger partial charge in [0.25, 0.3) is 0 Å². The fraction of sp³-hybridized carbons (Fsp3) is 0.172. The van der Waals surface area contributed by atoms with Crippen molar-refractivity contribution in [1.29, 1.82) is 0 Å². The van der Waals surface area contributed by atoms with Gasteiger partial charge in [-0.3, -0.25) is 0 Å². The van der Waals surface area contributed by atoms with Crippen molar-refractivity contribution < 1.29 is 14.4 Å². The van der Waals surface area contributed by atoms with Crippen molar-refractivity contribution in [1.82, 2.24) is 0 Å². The van der Waals surface area contributed by atoms with E-state index in [4.69, 9.17) is 4.74 Å². The molecule has 4 rings (SSSR count). The molecule has 0 heterocycles. The van der Waals surface area contributed by atoms with E-state index in [1.54, 1.807) is 18.2 Å². The summed E-state index contributed by atoms with van der Waals surface area (Å²) < 4.78 is 20.6. The third-order valence-electron chi connectivity index (χ3n) is 5.60. The lowest BCUT2D eigenvalue weighted by Crippen LogP contribution is -2.25. The lowest BCUT2D eigenvalue weighted by molar-refractivity contribution is 0.306. The Labute approximate surface area is 196 Å². The van der Waals surface area contributed by atoms with Crippen LogP contribution in [-0.4, -0.2) is 5.11 Å². The second kappa shape index (κ2) is 10.1. The molecule has 0 saturated carbocycles. The van der Waals surface area contributed by atoms with Gasteiger partial charge in [-0.15, -0.1) is 0 Å². The average molecular weight is 457 g/mol. The molecule has 0 atom stereocenters. The van der Waals surface area contributed by atoms with Gasteiger partial charge in [0.2, 0.25) is 0 Å². The number of ether oxygens (including phenoxy) is 1. The molecule has 0 fully saturated rings. The molecule has 0 amide bonds. The SMILES string of the molecule is CC(C)Cc1ccc(COc2ccc(O)c(P(=O)(c3ccccc3)c3ccccc3)c2)cc1. The van der Waals surface area contributed by atoms with E-state index in [9.17, 15) is 9.67 Å². The van der Waals surface area contributed by atoms with Crippen molar-refractivity contribution in [2.75, 3.05) is 0 Å². The van der Waals surface area contributed by atoms with Crippen LogP contribution >= 0.6 is 7.14 Å². The number of hydrogen-bond donors (Lipinski definition) is 1. The molecule has 3 nitrogen and oxygen atoms in total. The highest BCUT2D eigenvalue weighted by molar-refractivity contribution is 7.85. The van der Waals surface area contributed by atoms with Crippen LogP contribution in [0.1, 0.15) is 25.0 Å². The molecule has 0 saturated heterocycles. The number of hydrogen-bond acceptors (Lipinski definition) is 3. The summed E-state index contributed by atoms with van der Waals surface area (Å²) in [5.74, 6) is 1.19. The van der Waals surface area contributed by atoms with E-state index in [0.717, 1.165) is 12.0 Å². The fourth-order valence-electron chi connectivity index (χ4n) is 3.96. The number of phenols is 1. The Bertz CT molecular complexity index is 1190. The Morgan fingerprint density at radius 3 is 1.85 bits per heavy atom. The van der Waals surface area contributed by atoms with Crippen molar-refractivity contribution >= 4 is 23.1 Å². The quantitative estimate of drug-likeness (QED) is 0.341. The van der Waals surface area contributed by atoms with E-state index >= 15 is 0 Å². The van der Waals surface area contributed by atoms with Gasteiger partial charge in [-0.2, -0.15) is 0 Å². The normalized spacial score (nSPS) is 11.5. The zero-order valence-electron chi connectivity index (χ0n) is 19.0. The minimum Gasteiger partial charge on any atom is -0.507 e. The molecular formula is C29H29O3P. The highest BCUT2D eigenvalue weighted by Gasteiger charge is 2.32. The summed E-state index contributed by atoms with van der Waals surface area (Å²) in [5.41, 5.74) is 2.37. The Morgan fingerprint density at radius 2 is 1.30 bits per heavy atom. The van der Waals surface area contributed by atoms with Crippen LogP contribution in [0.4, 0.5) is 0 Å². The van der Waals surface area contributed by atoms with Crippen LogP contribution in [0.3, 0.4) is 0 Å². The molecule has 1 N–H and O–H groups in total. The predicted octanol–water partition coefficient (Wildman–Crippen LogP) is 5.81. The topological polar surface area (TPSA) is 46.5 Å².